The summed E-state index contributed by atoms with van der Waals surface area (Å²) in [7, 11) is 0. The molecule has 5 nitrogen and oxygen atoms in total. The Labute approximate surface area is 128 Å². The quantitative estimate of drug-likeness (QED) is 0.734. The van der Waals surface area contributed by atoms with E-state index in [-0.39, 0.29) is 5.69 Å². The van der Waals surface area contributed by atoms with Crippen molar-refractivity contribution in [1.82, 2.24) is 15.2 Å². The van der Waals surface area contributed by atoms with Crippen LogP contribution in [-0.4, -0.2) is 26.8 Å². The first-order valence-corrected chi connectivity index (χ1v) is 7.08. The van der Waals surface area contributed by atoms with Crippen LogP contribution >= 0.6 is 0 Å². The number of rotatable bonds is 2. The number of fused-ring (bicyclic) bond motifs is 1. The molecule has 22 heavy (non-hydrogen) atoms. The second-order valence-corrected chi connectivity index (χ2v) is 6.03. The van der Waals surface area contributed by atoms with Crippen LogP contribution in [0.4, 0.5) is 0 Å². The van der Waals surface area contributed by atoms with E-state index in [4.69, 9.17) is 4.74 Å². The molecule has 0 aliphatic carbocycles. The number of aromatic amines is 1. The molecule has 2 aromatic heterocycles. The van der Waals surface area contributed by atoms with E-state index in [9.17, 15) is 4.79 Å². The lowest BCUT2D eigenvalue weighted by Crippen LogP contribution is -2.24. The number of benzene rings is 1. The van der Waals surface area contributed by atoms with Crippen molar-refractivity contribution >= 4 is 17.0 Å². The Morgan fingerprint density at radius 3 is 2.50 bits per heavy atom. The van der Waals surface area contributed by atoms with Crippen molar-refractivity contribution < 1.29 is 9.53 Å². The van der Waals surface area contributed by atoms with E-state index in [1.165, 1.54) is 0 Å². The van der Waals surface area contributed by atoms with Gasteiger partial charge in [0.25, 0.3) is 0 Å². The van der Waals surface area contributed by atoms with E-state index in [2.05, 4.69) is 15.2 Å². The monoisotopic (exact) mass is 295 g/mol. The second kappa shape index (κ2) is 5.26. The molecule has 0 atom stereocenters. The highest BCUT2D eigenvalue weighted by Gasteiger charge is 2.22. The number of pyridine rings is 1. The first kappa shape index (κ1) is 14.3. The largest absolute Gasteiger partial charge is 0.455 e. The SMILES string of the molecule is CC(C)(C)OC(=O)c1n[nH]c2nc(-c3ccccc3)ccc12. The van der Waals surface area contributed by atoms with Gasteiger partial charge in [0, 0.05) is 5.56 Å². The van der Waals surface area contributed by atoms with Gasteiger partial charge in [0.15, 0.2) is 11.3 Å². The maximum absolute atomic E-state index is 12.2. The van der Waals surface area contributed by atoms with Gasteiger partial charge in [-0.15, -0.1) is 0 Å². The molecular formula is C17H17N3O2. The Balaban J connectivity index is 1.98. The number of carbonyl (C=O) groups excluding carboxylic acids is 1. The van der Waals surface area contributed by atoms with Crippen LogP contribution in [0.15, 0.2) is 42.5 Å². The molecule has 0 spiro atoms. The van der Waals surface area contributed by atoms with Gasteiger partial charge in [-0.25, -0.2) is 9.78 Å². The van der Waals surface area contributed by atoms with Gasteiger partial charge in [0.1, 0.15) is 5.60 Å². The lowest BCUT2D eigenvalue weighted by Gasteiger charge is -2.18. The van der Waals surface area contributed by atoms with Gasteiger partial charge in [0.2, 0.25) is 0 Å². The summed E-state index contributed by atoms with van der Waals surface area (Å²) < 4.78 is 5.36. The van der Waals surface area contributed by atoms with Crippen LogP contribution in [0.25, 0.3) is 22.3 Å². The number of ether oxygens (including phenoxy) is 1. The molecule has 1 aromatic carbocycles. The molecule has 3 rings (SSSR count). The third-order valence-corrected chi connectivity index (χ3v) is 3.09. The van der Waals surface area contributed by atoms with Crippen LogP contribution in [-0.2, 0) is 4.74 Å². The minimum absolute atomic E-state index is 0.261. The summed E-state index contributed by atoms with van der Waals surface area (Å²) in [6.45, 7) is 5.47. The number of esters is 1. The molecule has 2 heterocycles. The Bertz CT molecular complexity index is 817. The van der Waals surface area contributed by atoms with Crippen molar-refractivity contribution in [3.8, 4) is 11.3 Å². The molecule has 0 aliphatic rings. The summed E-state index contributed by atoms with van der Waals surface area (Å²) in [6.07, 6.45) is 0. The van der Waals surface area contributed by atoms with E-state index >= 15 is 0 Å². The van der Waals surface area contributed by atoms with Crippen LogP contribution in [0.5, 0.6) is 0 Å². The summed E-state index contributed by atoms with van der Waals surface area (Å²) >= 11 is 0. The number of nitrogens with one attached hydrogen (secondary N) is 1. The maximum atomic E-state index is 12.2. The fourth-order valence-electron chi connectivity index (χ4n) is 2.16. The number of carbonyl (C=O) groups is 1. The summed E-state index contributed by atoms with van der Waals surface area (Å²) in [5.41, 5.74) is 2.12. The molecule has 1 N–H and O–H groups in total. The van der Waals surface area contributed by atoms with Crippen molar-refractivity contribution in [2.45, 2.75) is 26.4 Å². The molecule has 0 saturated carbocycles. The standard InChI is InChI=1S/C17H17N3O2/c1-17(2,3)22-16(21)14-12-9-10-13(18-15(12)20-19-14)11-7-5-4-6-8-11/h4-10H,1-3H3,(H,18,19,20). The predicted molar refractivity (Wildman–Crippen MR) is 84.5 cm³/mol. The summed E-state index contributed by atoms with van der Waals surface area (Å²) in [5, 5.41) is 7.52. The van der Waals surface area contributed by atoms with E-state index in [1.807, 2.05) is 63.2 Å². The van der Waals surface area contributed by atoms with Crippen LogP contribution in [0, 0.1) is 0 Å². The van der Waals surface area contributed by atoms with Crippen molar-refractivity contribution in [3.63, 3.8) is 0 Å². The Hall–Kier alpha value is -2.69. The number of aromatic nitrogens is 3. The molecule has 0 bridgehead atoms. The fourth-order valence-corrected chi connectivity index (χ4v) is 2.16. The Morgan fingerprint density at radius 2 is 1.82 bits per heavy atom. The molecule has 5 heteroatoms. The molecule has 0 saturated heterocycles. The lowest BCUT2D eigenvalue weighted by atomic mass is 10.1. The Morgan fingerprint density at radius 1 is 1.09 bits per heavy atom. The first-order valence-electron chi connectivity index (χ1n) is 7.08. The molecule has 112 valence electrons. The Kier molecular flexibility index (Phi) is 3.41. The van der Waals surface area contributed by atoms with Gasteiger partial charge in [-0.1, -0.05) is 30.3 Å². The minimum Gasteiger partial charge on any atom is -0.455 e. The molecule has 0 amide bonds. The average molecular weight is 295 g/mol. The van der Waals surface area contributed by atoms with Crippen LogP contribution < -0.4 is 0 Å². The molecular weight excluding hydrogens is 278 g/mol. The van der Waals surface area contributed by atoms with E-state index in [1.54, 1.807) is 0 Å². The van der Waals surface area contributed by atoms with Gasteiger partial charge >= 0.3 is 5.97 Å². The van der Waals surface area contributed by atoms with Crippen molar-refractivity contribution in [2.75, 3.05) is 0 Å². The highest BCUT2D eigenvalue weighted by molar-refractivity contribution is 6.01. The van der Waals surface area contributed by atoms with Crippen LogP contribution in [0.2, 0.25) is 0 Å². The third kappa shape index (κ3) is 2.83. The zero-order valence-electron chi connectivity index (χ0n) is 12.8. The van der Waals surface area contributed by atoms with Gasteiger partial charge < -0.3 is 4.74 Å². The van der Waals surface area contributed by atoms with Crippen molar-refractivity contribution in [3.05, 3.63) is 48.2 Å². The van der Waals surface area contributed by atoms with E-state index < -0.39 is 11.6 Å². The first-order chi connectivity index (χ1) is 10.4. The van der Waals surface area contributed by atoms with Gasteiger partial charge in [-0.05, 0) is 32.9 Å². The maximum Gasteiger partial charge on any atom is 0.360 e. The second-order valence-electron chi connectivity index (χ2n) is 6.03. The third-order valence-electron chi connectivity index (χ3n) is 3.09. The summed E-state index contributed by atoms with van der Waals surface area (Å²) in [5.74, 6) is -0.451. The fraction of sp³-hybridized carbons (Fsp3) is 0.235. The number of hydrogen-bond donors (Lipinski definition) is 1. The van der Waals surface area contributed by atoms with Crippen LogP contribution in [0.3, 0.4) is 0 Å². The summed E-state index contributed by atoms with van der Waals surface area (Å²) in [6, 6.07) is 13.6. The number of H-pyrrole nitrogens is 1. The van der Waals surface area contributed by atoms with E-state index in [0.29, 0.717) is 11.0 Å². The van der Waals surface area contributed by atoms with Gasteiger partial charge in [-0.3, -0.25) is 5.10 Å². The zero-order valence-corrected chi connectivity index (χ0v) is 12.8. The molecule has 0 radical (unpaired) electrons. The lowest BCUT2D eigenvalue weighted by molar-refractivity contribution is 0.00651. The van der Waals surface area contributed by atoms with Crippen LogP contribution in [0.1, 0.15) is 31.3 Å². The number of nitrogens with zero attached hydrogens (tertiary/aromatic N) is 2. The topological polar surface area (TPSA) is 67.9 Å². The minimum atomic E-state index is -0.556. The number of hydrogen-bond acceptors (Lipinski definition) is 4. The highest BCUT2D eigenvalue weighted by Crippen LogP contribution is 2.22. The normalized spacial score (nSPS) is 11.6. The summed E-state index contributed by atoms with van der Waals surface area (Å²) in [4.78, 5) is 16.7. The molecule has 0 fully saturated rings. The zero-order chi connectivity index (χ0) is 15.7. The smallest absolute Gasteiger partial charge is 0.360 e. The highest BCUT2D eigenvalue weighted by atomic mass is 16.6. The van der Waals surface area contributed by atoms with Gasteiger partial charge in [-0.2, -0.15) is 5.10 Å². The molecule has 0 aliphatic heterocycles. The molecule has 3 aromatic rings. The van der Waals surface area contributed by atoms with E-state index in [0.717, 1.165) is 11.3 Å². The van der Waals surface area contributed by atoms with Gasteiger partial charge in [0.05, 0.1) is 11.1 Å². The van der Waals surface area contributed by atoms with Crippen molar-refractivity contribution in [2.24, 2.45) is 0 Å². The van der Waals surface area contributed by atoms with Crippen molar-refractivity contribution in [1.29, 1.82) is 0 Å². The molecule has 0 unspecified atom stereocenters. The predicted octanol–water partition coefficient (Wildman–Crippen LogP) is 3.58. The average Bonchev–Trinajstić information content (AvgIpc) is 2.89.